The number of amides is 1. The van der Waals surface area contributed by atoms with Crippen LogP contribution in [-0.2, 0) is 11.2 Å². The maximum Gasteiger partial charge on any atom is 0.227 e. The van der Waals surface area contributed by atoms with Crippen LogP contribution in [0.4, 0.5) is 11.6 Å². The lowest BCUT2D eigenvalue weighted by Crippen LogP contribution is -2.45. The van der Waals surface area contributed by atoms with Gasteiger partial charge < -0.3 is 16.0 Å². The summed E-state index contributed by atoms with van der Waals surface area (Å²) < 4.78 is 0. The number of hydrogen-bond acceptors (Lipinski definition) is 5. The van der Waals surface area contributed by atoms with E-state index < -0.39 is 0 Å². The van der Waals surface area contributed by atoms with Gasteiger partial charge in [-0.25, -0.2) is 9.97 Å². The van der Waals surface area contributed by atoms with E-state index >= 15 is 0 Å². The third-order valence-electron chi connectivity index (χ3n) is 4.68. The van der Waals surface area contributed by atoms with Crippen LogP contribution in [0.5, 0.6) is 0 Å². The molecule has 2 aromatic rings. The van der Waals surface area contributed by atoms with E-state index in [1.54, 1.807) is 0 Å². The minimum Gasteiger partial charge on any atom is -0.381 e. The lowest BCUT2D eigenvalue weighted by Gasteiger charge is -2.34. The molecule has 0 radical (unpaired) electrons. The van der Waals surface area contributed by atoms with E-state index in [1.807, 2.05) is 36.9 Å². The van der Waals surface area contributed by atoms with Crippen LogP contribution < -0.4 is 11.1 Å². The number of benzene rings is 1. The largest absolute Gasteiger partial charge is 0.381 e. The SMILES string of the molecule is Cc1nc(N)nc(C)c1CC(=O)N1CCCC(Nc2ccccc2)C1. The predicted molar refractivity (Wildman–Crippen MR) is 99.3 cm³/mol. The van der Waals surface area contributed by atoms with Gasteiger partial charge in [-0.1, -0.05) is 18.2 Å². The topological polar surface area (TPSA) is 84.1 Å². The van der Waals surface area contributed by atoms with Crippen molar-refractivity contribution in [2.24, 2.45) is 0 Å². The average Bonchev–Trinajstić information content (AvgIpc) is 2.59. The Bertz CT molecular complexity index is 724. The van der Waals surface area contributed by atoms with Gasteiger partial charge in [0.1, 0.15) is 0 Å². The first-order chi connectivity index (χ1) is 12.0. The molecule has 6 heteroatoms. The molecule has 1 aliphatic rings. The first-order valence-corrected chi connectivity index (χ1v) is 8.72. The van der Waals surface area contributed by atoms with E-state index in [9.17, 15) is 4.79 Å². The number of nitrogens with one attached hydrogen (secondary N) is 1. The molecule has 0 aliphatic carbocycles. The smallest absolute Gasteiger partial charge is 0.227 e. The van der Waals surface area contributed by atoms with Crippen molar-refractivity contribution in [3.63, 3.8) is 0 Å². The Hall–Kier alpha value is -2.63. The molecule has 0 bridgehead atoms. The lowest BCUT2D eigenvalue weighted by molar-refractivity contribution is -0.131. The number of aryl methyl sites for hydroxylation is 2. The van der Waals surface area contributed by atoms with Crippen molar-refractivity contribution in [2.45, 2.75) is 39.2 Å². The number of likely N-dealkylation sites (tertiary alicyclic amines) is 1. The fourth-order valence-corrected chi connectivity index (χ4v) is 3.38. The van der Waals surface area contributed by atoms with Gasteiger partial charge >= 0.3 is 0 Å². The van der Waals surface area contributed by atoms with E-state index in [0.717, 1.165) is 48.6 Å². The van der Waals surface area contributed by atoms with E-state index in [1.165, 1.54) is 0 Å². The summed E-state index contributed by atoms with van der Waals surface area (Å²) in [4.78, 5) is 23.1. The Morgan fingerprint density at radius 2 is 1.92 bits per heavy atom. The van der Waals surface area contributed by atoms with Crippen molar-refractivity contribution in [2.75, 3.05) is 24.1 Å². The number of nitrogen functional groups attached to an aromatic ring is 1. The predicted octanol–water partition coefficient (Wildman–Crippen LogP) is 2.32. The van der Waals surface area contributed by atoms with Crippen molar-refractivity contribution in [1.82, 2.24) is 14.9 Å². The highest BCUT2D eigenvalue weighted by Gasteiger charge is 2.24. The van der Waals surface area contributed by atoms with Gasteiger partial charge in [0.05, 0.1) is 6.42 Å². The van der Waals surface area contributed by atoms with E-state index in [-0.39, 0.29) is 17.9 Å². The fourth-order valence-electron chi connectivity index (χ4n) is 3.38. The summed E-state index contributed by atoms with van der Waals surface area (Å²) in [6.07, 6.45) is 2.41. The standard InChI is InChI=1S/C19H25N5O/c1-13-17(14(2)22-19(20)21-13)11-18(25)24-10-6-9-16(12-24)23-15-7-4-3-5-8-15/h3-5,7-8,16,23H,6,9-12H2,1-2H3,(H2,20,21,22). The zero-order chi connectivity index (χ0) is 17.8. The highest BCUT2D eigenvalue weighted by atomic mass is 16.2. The number of para-hydroxylation sites is 1. The molecular weight excluding hydrogens is 314 g/mol. The van der Waals surface area contributed by atoms with Crippen LogP contribution in [0.1, 0.15) is 29.8 Å². The van der Waals surface area contributed by atoms with Crippen molar-refractivity contribution >= 4 is 17.5 Å². The summed E-state index contributed by atoms with van der Waals surface area (Å²) in [6.45, 7) is 5.29. The Morgan fingerprint density at radius 3 is 2.60 bits per heavy atom. The minimum atomic E-state index is 0.124. The van der Waals surface area contributed by atoms with Crippen LogP contribution in [0.25, 0.3) is 0 Å². The normalized spacial score (nSPS) is 17.4. The van der Waals surface area contributed by atoms with Crippen molar-refractivity contribution in [1.29, 1.82) is 0 Å². The average molecular weight is 339 g/mol. The Balaban J connectivity index is 1.64. The second kappa shape index (κ2) is 7.51. The van der Waals surface area contributed by atoms with Crippen molar-refractivity contribution < 1.29 is 4.79 Å². The van der Waals surface area contributed by atoms with Crippen LogP contribution >= 0.6 is 0 Å². The van der Waals surface area contributed by atoms with Crippen LogP contribution in [0, 0.1) is 13.8 Å². The Morgan fingerprint density at radius 1 is 1.24 bits per heavy atom. The fraction of sp³-hybridized carbons (Fsp3) is 0.421. The van der Waals surface area contributed by atoms with Gasteiger partial charge in [0.2, 0.25) is 11.9 Å². The van der Waals surface area contributed by atoms with Crippen LogP contribution in [-0.4, -0.2) is 39.9 Å². The summed E-state index contributed by atoms with van der Waals surface area (Å²) >= 11 is 0. The first kappa shape index (κ1) is 17.2. The molecule has 2 heterocycles. The highest BCUT2D eigenvalue weighted by molar-refractivity contribution is 5.79. The molecule has 132 valence electrons. The van der Waals surface area contributed by atoms with Crippen molar-refractivity contribution in [3.05, 3.63) is 47.3 Å². The lowest BCUT2D eigenvalue weighted by atomic mass is 10.0. The highest BCUT2D eigenvalue weighted by Crippen LogP contribution is 2.18. The number of hydrogen-bond donors (Lipinski definition) is 2. The molecule has 3 rings (SSSR count). The summed E-state index contributed by atoms with van der Waals surface area (Å²) in [5.74, 6) is 0.385. The summed E-state index contributed by atoms with van der Waals surface area (Å²) in [7, 11) is 0. The third-order valence-corrected chi connectivity index (χ3v) is 4.68. The first-order valence-electron chi connectivity index (χ1n) is 8.72. The van der Waals surface area contributed by atoms with Gasteiger partial charge in [0, 0.05) is 41.8 Å². The van der Waals surface area contributed by atoms with E-state index in [4.69, 9.17) is 5.73 Å². The Kier molecular flexibility index (Phi) is 5.16. The van der Waals surface area contributed by atoms with Gasteiger partial charge in [0.15, 0.2) is 0 Å². The van der Waals surface area contributed by atoms with Gasteiger partial charge in [-0.3, -0.25) is 4.79 Å². The number of aromatic nitrogens is 2. The summed E-state index contributed by atoms with van der Waals surface area (Å²) in [5, 5.41) is 3.52. The Labute approximate surface area is 148 Å². The molecular formula is C19H25N5O. The number of carbonyl (C=O) groups is 1. The van der Waals surface area contributed by atoms with Crippen LogP contribution in [0.2, 0.25) is 0 Å². The maximum absolute atomic E-state index is 12.8. The molecule has 1 aromatic heterocycles. The second-order valence-electron chi connectivity index (χ2n) is 6.60. The molecule has 1 fully saturated rings. The number of carbonyl (C=O) groups excluding carboxylic acids is 1. The second-order valence-corrected chi connectivity index (χ2v) is 6.60. The minimum absolute atomic E-state index is 0.124. The number of nitrogens with two attached hydrogens (primary N) is 1. The summed E-state index contributed by atoms with van der Waals surface area (Å²) in [6, 6.07) is 10.4. The van der Waals surface area contributed by atoms with Gasteiger partial charge in [-0.15, -0.1) is 0 Å². The molecule has 0 spiro atoms. The molecule has 3 N–H and O–H groups in total. The molecule has 0 saturated carbocycles. The zero-order valence-electron chi connectivity index (χ0n) is 14.8. The van der Waals surface area contributed by atoms with Gasteiger partial charge in [0.25, 0.3) is 0 Å². The molecule has 1 aromatic carbocycles. The van der Waals surface area contributed by atoms with Crippen molar-refractivity contribution in [3.8, 4) is 0 Å². The van der Waals surface area contributed by atoms with Crippen LogP contribution in [0.15, 0.2) is 30.3 Å². The number of piperidine rings is 1. The third kappa shape index (κ3) is 4.26. The molecule has 1 unspecified atom stereocenters. The number of anilines is 2. The number of nitrogens with zero attached hydrogens (tertiary/aromatic N) is 3. The molecule has 25 heavy (non-hydrogen) atoms. The van der Waals surface area contributed by atoms with Gasteiger partial charge in [-0.2, -0.15) is 0 Å². The molecule has 1 aliphatic heterocycles. The van der Waals surface area contributed by atoms with Gasteiger partial charge in [-0.05, 0) is 38.8 Å². The molecule has 1 atom stereocenters. The van der Waals surface area contributed by atoms with E-state index in [2.05, 4.69) is 27.4 Å². The molecule has 6 nitrogen and oxygen atoms in total. The van der Waals surface area contributed by atoms with E-state index in [0.29, 0.717) is 6.42 Å². The quantitative estimate of drug-likeness (QED) is 0.893. The van der Waals surface area contributed by atoms with Crippen LogP contribution in [0.3, 0.4) is 0 Å². The summed E-state index contributed by atoms with van der Waals surface area (Å²) in [5.41, 5.74) is 9.22. The molecule has 1 amide bonds. The molecule has 1 saturated heterocycles. The number of rotatable bonds is 4. The monoisotopic (exact) mass is 339 g/mol. The maximum atomic E-state index is 12.8. The zero-order valence-corrected chi connectivity index (χ0v) is 14.8.